The largest absolute Gasteiger partial charge is 0.485 e. The SMILES string of the molecule is C[C@H]1CNc2ccc(F)c(Cl)c2O1. The maximum Gasteiger partial charge on any atom is 0.164 e. The van der Waals surface area contributed by atoms with E-state index in [4.69, 9.17) is 16.3 Å². The van der Waals surface area contributed by atoms with Gasteiger partial charge in [0.15, 0.2) is 5.75 Å². The summed E-state index contributed by atoms with van der Waals surface area (Å²) in [6, 6.07) is 2.95. The van der Waals surface area contributed by atoms with Crippen LogP contribution in [0.25, 0.3) is 0 Å². The van der Waals surface area contributed by atoms with Crippen molar-refractivity contribution in [3.8, 4) is 5.75 Å². The summed E-state index contributed by atoms with van der Waals surface area (Å²) < 4.78 is 18.4. The van der Waals surface area contributed by atoms with E-state index in [1.165, 1.54) is 6.07 Å². The molecule has 0 fully saturated rings. The number of benzene rings is 1. The Kier molecular flexibility index (Phi) is 2.04. The highest BCUT2D eigenvalue weighted by Gasteiger charge is 2.20. The molecule has 1 N–H and O–H groups in total. The lowest BCUT2D eigenvalue weighted by Gasteiger charge is -2.25. The molecule has 0 bridgehead atoms. The topological polar surface area (TPSA) is 21.3 Å². The van der Waals surface area contributed by atoms with Crippen LogP contribution in [0.3, 0.4) is 0 Å². The molecule has 2 rings (SSSR count). The average molecular weight is 202 g/mol. The van der Waals surface area contributed by atoms with E-state index in [2.05, 4.69) is 5.32 Å². The second kappa shape index (κ2) is 3.07. The zero-order chi connectivity index (χ0) is 9.42. The lowest BCUT2D eigenvalue weighted by molar-refractivity contribution is 0.225. The molecule has 0 unspecified atom stereocenters. The van der Waals surface area contributed by atoms with Crippen molar-refractivity contribution in [3.05, 3.63) is 23.0 Å². The molecule has 2 nitrogen and oxygen atoms in total. The Balaban J connectivity index is 2.48. The molecule has 0 aromatic heterocycles. The number of fused-ring (bicyclic) bond motifs is 1. The van der Waals surface area contributed by atoms with E-state index in [-0.39, 0.29) is 11.1 Å². The molecule has 0 spiro atoms. The van der Waals surface area contributed by atoms with Crippen molar-refractivity contribution in [2.24, 2.45) is 0 Å². The Morgan fingerprint density at radius 2 is 2.38 bits per heavy atom. The minimum absolute atomic E-state index is 0.0202. The van der Waals surface area contributed by atoms with Gasteiger partial charge in [-0.25, -0.2) is 4.39 Å². The number of hydrogen-bond donors (Lipinski definition) is 1. The third-order valence-electron chi connectivity index (χ3n) is 1.95. The summed E-state index contributed by atoms with van der Waals surface area (Å²) in [5.41, 5.74) is 0.754. The highest BCUT2D eigenvalue weighted by molar-refractivity contribution is 6.32. The maximum absolute atomic E-state index is 13.0. The van der Waals surface area contributed by atoms with Crippen LogP contribution in [0.5, 0.6) is 5.75 Å². The van der Waals surface area contributed by atoms with E-state index in [0.29, 0.717) is 5.75 Å². The first-order chi connectivity index (χ1) is 6.18. The molecule has 0 aliphatic carbocycles. The molecule has 0 amide bonds. The van der Waals surface area contributed by atoms with E-state index >= 15 is 0 Å². The van der Waals surface area contributed by atoms with Gasteiger partial charge in [-0.3, -0.25) is 0 Å². The zero-order valence-electron chi connectivity index (χ0n) is 7.10. The van der Waals surface area contributed by atoms with Crippen LogP contribution in [0.4, 0.5) is 10.1 Å². The van der Waals surface area contributed by atoms with E-state index in [1.54, 1.807) is 6.07 Å². The van der Waals surface area contributed by atoms with Crippen LogP contribution in [0.1, 0.15) is 6.92 Å². The monoisotopic (exact) mass is 201 g/mol. The third-order valence-corrected chi connectivity index (χ3v) is 2.30. The fraction of sp³-hybridized carbons (Fsp3) is 0.333. The van der Waals surface area contributed by atoms with Gasteiger partial charge in [-0.2, -0.15) is 0 Å². The molecular formula is C9H9ClFNO. The lowest BCUT2D eigenvalue weighted by atomic mass is 10.2. The highest BCUT2D eigenvalue weighted by Crippen LogP contribution is 2.37. The van der Waals surface area contributed by atoms with Crippen LogP contribution in [0.2, 0.25) is 5.02 Å². The van der Waals surface area contributed by atoms with Gasteiger partial charge in [-0.15, -0.1) is 0 Å². The third kappa shape index (κ3) is 1.44. The smallest absolute Gasteiger partial charge is 0.164 e. The van der Waals surface area contributed by atoms with Crippen LogP contribution in [0.15, 0.2) is 12.1 Å². The van der Waals surface area contributed by atoms with Crippen LogP contribution in [0, 0.1) is 5.82 Å². The normalized spacial score (nSPS) is 20.1. The van der Waals surface area contributed by atoms with Crippen molar-refractivity contribution in [1.29, 1.82) is 0 Å². The van der Waals surface area contributed by atoms with Gasteiger partial charge in [0.2, 0.25) is 0 Å². The van der Waals surface area contributed by atoms with Crippen molar-refractivity contribution >= 4 is 17.3 Å². The van der Waals surface area contributed by atoms with Crippen molar-refractivity contribution in [2.45, 2.75) is 13.0 Å². The lowest BCUT2D eigenvalue weighted by Crippen LogP contribution is -2.27. The predicted molar refractivity (Wildman–Crippen MR) is 50.0 cm³/mol. The quantitative estimate of drug-likeness (QED) is 0.697. The van der Waals surface area contributed by atoms with E-state index in [0.717, 1.165) is 12.2 Å². The van der Waals surface area contributed by atoms with Crippen LogP contribution in [-0.2, 0) is 0 Å². The molecule has 0 radical (unpaired) electrons. The molecule has 1 aliphatic heterocycles. The molecule has 1 aromatic carbocycles. The van der Waals surface area contributed by atoms with Gasteiger partial charge in [0, 0.05) is 0 Å². The molecule has 13 heavy (non-hydrogen) atoms. The van der Waals surface area contributed by atoms with Gasteiger partial charge in [0.1, 0.15) is 16.9 Å². The molecule has 70 valence electrons. The summed E-state index contributed by atoms with van der Waals surface area (Å²) in [6.45, 7) is 2.62. The first-order valence-electron chi connectivity index (χ1n) is 4.07. The average Bonchev–Trinajstić information content (AvgIpc) is 2.12. The van der Waals surface area contributed by atoms with Crippen LogP contribution < -0.4 is 10.1 Å². The van der Waals surface area contributed by atoms with E-state index in [1.807, 2.05) is 6.92 Å². The van der Waals surface area contributed by atoms with Gasteiger partial charge in [0.25, 0.3) is 0 Å². The summed E-state index contributed by atoms with van der Waals surface area (Å²) in [7, 11) is 0. The molecule has 0 saturated heterocycles. The number of rotatable bonds is 0. The summed E-state index contributed by atoms with van der Waals surface area (Å²) in [5, 5.41) is 3.16. The van der Waals surface area contributed by atoms with E-state index < -0.39 is 5.82 Å². The number of anilines is 1. The van der Waals surface area contributed by atoms with Crippen molar-refractivity contribution in [3.63, 3.8) is 0 Å². The summed E-state index contributed by atoms with van der Waals surface area (Å²) >= 11 is 5.74. The van der Waals surface area contributed by atoms with Gasteiger partial charge >= 0.3 is 0 Å². The standard InChI is InChI=1S/C9H9ClFNO/c1-5-4-12-7-3-2-6(11)8(10)9(7)13-5/h2-3,5,12H,4H2,1H3/t5-/m0/s1. The second-order valence-corrected chi connectivity index (χ2v) is 3.43. The molecular weight excluding hydrogens is 193 g/mol. The van der Waals surface area contributed by atoms with Gasteiger partial charge < -0.3 is 10.1 Å². The van der Waals surface area contributed by atoms with E-state index in [9.17, 15) is 4.39 Å². The summed E-state index contributed by atoms with van der Waals surface area (Å²) in [4.78, 5) is 0. The van der Waals surface area contributed by atoms with Crippen LogP contribution in [-0.4, -0.2) is 12.6 Å². The highest BCUT2D eigenvalue weighted by atomic mass is 35.5. The summed E-state index contributed by atoms with van der Waals surface area (Å²) in [6.07, 6.45) is 0.0202. The van der Waals surface area contributed by atoms with Crippen molar-refractivity contribution < 1.29 is 9.13 Å². The molecule has 1 atom stereocenters. The minimum atomic E-state index is -0.448. The maximum atomic E-state index is 13.0. The first kappa shape index (κ1) is 8.63. The second-order valence-electron chi connectivity index (χ2n) is 3.05. The molecule has 1 heterocycles. The molecule has 0 saturated carbocycles. The Hall–Kier alpha value is -0.960. The zero-order valence-corrected chi connectivity index (χ0v) is 7.86. The molecule has 1 aromatic rings. The van der Waals surface area contributed by atoms with Crippen molar-refractivity contribution in [1.82, 2.24) is 0 Å². The Morgan fingerprint density at radius 3 is 3.15 bits per heavy atom. The van der Waals surface area contributed by atoms with Gasteiger partial charge in [-0.05, 0) is 19.1 Å². The Labute approximate surface area is 80.7 Å². The number of ether oxygens (including phenoxy) is 1. The van der Waals surface area contributed by atoms with Crippen LogP contribution >= 0.6 is 11.6 Å². The molecule has 1 aliphatic rings. The Morgan fingerprint density at radius 1 is 1.62 bits per heavy atom. The number of nitrogens with one attached hydrogen (secondary N) is 1. The first-order valence-corrected chi connectivity index (χ1v) is 4.45. The summed E-state index contributed by atoms with van der Waals surface area (Å²) in [5.74, 6) is -0.0308. The number of hydrogen-bond acceptors (Lipinski definition) is 2. The fourth-order valence-corrected chi connectivity index (χ4v) is 1.49. The fourth-order valence-electron chi connectivity index (χ4n) is 1.28. The minimum Gasteiger partial charge on any atom is -0.485 e. The van der Waals surface area contributed by atoms with Gasteiger partial charge in [-0.1, -0.05) is 11.6 Å². The molecule has 4 heteroatoms. The number of halogens is 2. The van der Waals surface area contributed by atoms with Gasteiger partial charge in [0.05, 0.1) is 12.2 Å². The predicted octanol–water partition coefficient (Wildman–Crippen LogP) is 2.67. The Bertz CT molecular complexity index is 343. The van der Waals surface area contributed by atoms with Crippen molar-refractivity contribution in [2.75, 3.05) is 11.9 Å².